The number of rotatable bonds is 8. The molecule has 2 heterocycles. The number of hydrogen-bond donors (Lipinski definition) is 1. The highest BCUT2D eigenvalue weighted by Gasteiger charge is 2.22. The molecule has 0 radical (unpaired) electrons. The van der Waals surface area contributed by atoms with E-state index >= 15 is 0 Å². The van der Waals surface area contributed by atoms with Crippen molar-refractivity contribution in [2.45, 2.75) is 39.1 Å². The molecule has 1 aliphatic heterocycles. The van der Waals surface area contributed by atoms with Crippen LogP contribution in [0.3, 0.4) is 0 Å². The number of morpholine rings is 1. The summed E-state index contributed by atoms with van der Waals surface area (Å²) in [6, 6.07) is 0.563. The molecule has 0 amide bonds. The first kappa shape index (κ1) is 16.4. The van der Waals surface area contributed by atoms with Crippen LogP contribution in [0.4, 0.5) is 0 Å². The van der Waals surface area contributed by atoms with Crippen LogP contribution in [0.25, 0.3) is 0 Å². The van der Waals surface area contributed by atoms with Crippen molar-refractivity contribution in [1.82, 2.24) is 25.2 Å². The first-order valence-electron chi connectivity index (χ1n) is 7.63. The van der Waals surface area contributed by atoms with Gasteiger partial charge in [-0.1, -0.05) is 5.21 Å². The molecular weight excluding hydrogens is 270 g/mol. The van der Waals surface area contributed by atoms with E-state index in [2.05, 4.69) is 34.4 Å². The summed E-state index contributed by atoms with van der Waals surface area (Å²) in [5.41, 5.74) is 0.947. The van der Waals surface area contributed by atoms with Gasteiger partial charge in [0, 0.05) is 45.5 Å². The second-order valence-corrected chi connectivity index (χ2v) is 5.68. The monoisotopic (exact) mass is 297 g/mol. The summed E-state index contributed by atoms with van der Waals surface area (Å²) < 4.78 is 12.7. The smallest absolute Gasteiger partial charge is 0.0964 e. The van der Waals surface area contributed by atoms with Crippen LogP contribution in [-0.2, 0) is 22.6 Å². The number of methoxy groups -OCH3 is 1. The minimum Gasteiger partial charge on any atom is -0.383 e. The Labute approximate surface area is 126 Å². The molecule has 120 valence electrons. The lowest BCUT2D eigenvalue weighted by Gasteiger charge is -2.35. The molecular formula is C14H27N5O2. The van der Waals surface area contributed by atoms with Gasteiger partial charge in [-0.2, -0.15) is 0 Å². The van der Waals surface area contributed by atoms with E-state index in [1.807, 2.05) is 10.9 Å². The molecule has 0 aromatic carbocycles. The summed E-state index contributed by atoms with van der Waals surface area (Å²) in [5.74, 6) is 0. The van der Waals surface area contributed by atoms with Crippen molar-refractivity contribution in [1.29, 1.82) is 0 Å². The predicted molar refractivity (Wildman–Crippen MR) is 80.1 cm³/mol. The minimum absolute atomic E-state index is 0.192. The van der Waals surface area contributed by atoms with E-state index in [1.165, 1.54) is 0 Å². The van der Waals surface area contributed by atoms with Crippen LogP contribution in [0.15, 0.2) is 6.20 Å². The summed E-state index contributed by atoms with van der Waals surface area (Å²) in [5, 5.41) is 11.6. The number of aromatic nitrogens is 3. The highest BCUT2D eigenvalue weighted by molar-refractivity contribution is 4.92. The van der Waals surface area contributed by atoms with E-state index in [0.717, 1.165) is 38.5 Å². The molecule has 1 aliphatic rings. The van der Waals surface area contributed by atoms with Crippen LogP contribution in [0, 0.1) is 0 Å². The molecule has 1 fully saturated rings. The first-order chi connectivity index (χ1) is 10.2. The quantitative estimate of drug-likeness (QED) is 0.688. The van der Waals surface area contributed by atoms with Gasteiger partial charge in [0.05, 0.1) is 31.6 Å². The lowest BCUT2D eigenvalue weighted by Crippen LogP contribution is -2.47. The van der Waals surface area contributed by atoms with Gasteiger partial charge < -0.3 is 14.8 Å². The lowest BCUT2D eigenvalue weighted by molar-refractivity contribution is -0.0471. The average Bonchev–Trinajstić information content (AvgIpc) is 2.91. The highest BCUT2D eigenvalue weighted by atomic mass is 16.5. The molecule has 7 nitrogen and oxygen atoms in total. The number of hydrogen-bond acceptors (Lipinski definition) is 6. The van der Waals surface area contributed by atoms with Crippen molar-refractivity contribution in [3.05, 3.63) is 11.9 Å². The summed E-state index contributed by atoms with van der Waals surface area (Å²) >= 11 is 0. The zero-order chi connectivity index (χ0) is 15.1. The molecule has 1 N–H and O–H groups in total. The standard InChI is InChI=1S/C14H27N5O2/c1-12(2)18-5-7-21-14(10-18)11-19-9-13(16-17-19)8-15-4-6-20-3/h9,12,14-15H,4-8,10-11H2,1-3H3. The Morgan fingerprint density at radius 3 is 3.14 bits per heavy atom. The molecule has 1 saturated heterocycles. The molecule has 0 spiro atoms. The van der Waals surface area contributed by atoms with Gasteiger partial charge in [0.2, 0.25) is 0 Å². The van der Waals surface area contributed by atoms with Gasteiger partial charge in [0.1, 0.15) is 0 Å². The Hall–Kier alpha value is -1.02. The van der Waals surface area contributed by atoms with E-state index in [0.29, 0.717) is 19.2 Å². The van der Waals surface area contributed by atoms with Gasteiger partial charge >= 0.3 is 0 Å². The van der Waals surface area contributed by atoms with E-state index in [4.69, 9.17) is 9.47 Å². The molecule has 1 aromatic heterocycles. The molecule has 0 bridgehead atoms. The zero-order valence-corrected chi connectivity index (χ0v) is 13.3. The fraction of sp³-hybridized carbons (Fsp3) is 0.857. The zero-order valence-electron chi connectivity index (χ0n) is 13.3. The van der Waals surface area contributed by atoms with Gasteiger partial charge in [0.15, 0.2) is 0 Å². The second kappa shape index (κ2) is 8.43. The van der Waals surface area contributed by atoms with Crippen LogP contribution >= 0.6 is 0 Å². The second-order valence-electron chi connectivity index (χ2n) is 5.68. The molecule has 7 heteroatoms. The summed E-state index contributed by atoms with van der Waals surface area (Å²) in [4.78, 5) is 2.44. The number of nitrogens with one attached hydrogen (secondary N) is 1. The third kappa shape index (κ3) is 5.35. The predicted octanol–water partition coefficient (Wildman–Crippen LogP) is 0.123. The van der Waals surface area contributed by atoms with Crippen LogP contribution < -0.4 is 5.32 Å². The Bertz CT molecular complexity index is 410. The third-order valence-electron chi connectivity index (χ3n) is 3.67. The van der Waals surface area contributed by atoms with Crippen LogP contribution in [0.1, 0.15) is 19.5 Å². The van der Waals surface area contributed by atoms with Gasteiger partial charge in [-0.05, 0) is 13.8 Å². The molecule has 21 heavy (non-hydrogen) atoms. The lowest BCUT2D eigenvalue weighted by atomic mass is 10.2. The molecule has 2 rings (SSSR count). The first-order valence-corrected chi connectivity index (χ1v) is 7.63. The van der Waals surface area contributed by atoms with E-state index < -0.39 is 0 Å². The Kier molecular flexibility index (Phi) is 6.56. The van der Waals surface area contributed by atoms with Crippen molar-refractivity contribution in [3.63, 3.8) is 0 Å². The fourth-order valence-electron chi connectivity index (χ4n) is 2.43. The summed E-state index contributed by atoms with van der Waals surface area (Å²) in [6.45, 7) is 10.2. The van der Waals surface area contributed by atoms with Gasteiger partial charge in [-0.3, -0.25) is 4.90 Å². The maximum absolute atomic E-state index is 5.82. The maximum atomic E-state index is 5.82. The van der Waals surface area contributed by atoms with Crippen LogP contribution in [0.5, 0.6) is 0 Å². The van der Waals surface area contributed by atoms with Gasteiger partial charge in [-0.25, -0.2) is 4.68 Å². The number of ether oxygens (including phenoxy) is 2. The normalized spacial score (nSPS) is 20.3. The van der Waals surface area contributed by atoms with Crippen molar-refractivity contribution < 1.29 is 9.47 Å². The molecule has 1 unspecified atom stereocenters. The van der Waals surface area contributed by atoms with Crippen molar-refractivity contribution in [2.75, 3.05) is 40.0 Å². The van der Waals surface area contributed by atoms with E-state index in [9.17, 15) is 0 Å². The molecule has 0 aliphatic carbocycles. The Balaban J connectivity index is 1.76. The maximum Gasteiger partial charge on any atom is 0.0964 e. The average molecular weight is 297 g/mol. The largest absolute Gasteiger partial charge is 0.383 e. The SMILES string of the molecule is COCCNCc1cn(CC2CN(C(C)C)CCO2)nn1. The Morgan fingerprint density at radius 2 is 2.38 bits per heavy atom. The summed E-state index contributed by atoms with van der Waals surface area (Å²) in [6.07, 6.45) is 2.18. The van der Waals surface area contributed by atoms with Gasteiger partial charge in [-0.15, -0.1) is 5.10 Å². The van der Waals surface area contributed by atoms with Crippen molar-refractivity contribution in [3.8, 4) is 0 Å². The summed E-state index contributed by atoms with van der Waals surface area (Å²) in [7, 11) is 1.70. The van der Waals surface area contributed by atoms with Crippen molar-refractivity contribution in [2.24, 2.45) is 0 Å². The Morgan fingerprint density at radius 1 is 1.52 bits per heavy atom. The highest BCUT2D eigenvalue weighted by Crippen LogP contribution is 2.10. The van der Waals surface area contributed by atoms with Crippen molar-refractivity contribution >= 4 is 0 Å². The topological polar surface area (TPSA) is 64.4 Å². The number of nitrogens with zero attached hydrogens (tertiary/aromatic N) is 4. The van der Waals surface area contributed by atoms with Crippen LogP contribution in [0.2, 0.25) is 0 Å². The molecule has 1 atom stereocenters. The molecule has 0 saturated carbocycles. The van der Waals surface area contributed by atoms with E-state index in [-0.39, 0.29) is 6.10 Å². The third-order valence-corrected chi connectivity index (χ3v) is 3.67. The molecule has 1 aromatic rings. The van der Waals surface area contributed by atoms with Crippen LogP contribution in [-0.4, -0.2) is 72.0 Å². The van der Waals surface area contributed by atoms with Gasteiger partial charge in [0.25, 0.3) is 0 Å². The minimum atomic E-state index is 0.192. The fourth-order valence-corrected chi connectivity index (χ4v) is 2.43. The van der Waals surface area contributed by atoms with E-state index in [1.54, 1.807) is 7.11 Å².